The molecule has 1 aliphatic rings. The fraction of sp³-hybridized carbons (Fsp3) is 0.412. The number of aromatic nitrogens is 4. The minimum atomic E-state index is -0.156. The molecule has 4 heterocycles. The molecule has 1 atom stereocenters. The van der Waals surface area contributed by atoms with E-state index in [9.17, 15) is 4.79 Å². The molecule has 8 heteroatoms. The average molecular weight is 341 g/mol. The number of amides is 1. The van der Waals surface area contributed by atoms with Crippen LogP contribution in [-0.4, -0.2) is 37.3 Å². The van der Waals surface area contributed by atoms with Crippen LogP contribution < -0.4 is 0 Å². The predicted octanol–water partition coefficient (Wildman–Crippen LogP) is 2.45. The van der Waals surface area contributed by atoms with Gasteiger partial charge in [0.05, 0.1) is 12.6 Å². The summed E-state index contributed by atoms with van der Waals surface area (Å²) >= 11 is 0. The molecule has 1 fully saturated rings. The second-order valence-electron chi connectivity index (χ2n) is 6.03. The number of carbonyl (C=O) groups excluding carboxylic acids is 1. The van der Waals surface area contributed by atoms with E-state index in [2.05, 4.69) is 15.2 Å². The molecule has 25 heavy (non-hydrogen) atoms. The van der Waals surface area contributed by atoms with Gasteiger partial charge in [0.25, 0.3) is 5.91 Å². The van der Waals surface area contributed by atoms with Crippen molar-refractivity contribution in [1.29, 1.82) is 0 Å². The van der Waals surface area contributed by atoms with Crippen LogP contribution in [0.2, 0.25) is 0 Å². The number of aryl methyl sites for hydroxylation is 1. The predicted molar refractivity (Wildman–Crippen MR) is 86.7 cm³/mol. The lowest BCUT2D eigenvalue weighted by atomic mass is 10.2. The summed E-state index contributed by atoms with van der Waals surface area (Å²) in [5, 5.41) is 8.17. The monoisotopic (exact) mass is 341 g/mol. The molecule has 0 N–H and O–H groups in total. The van der Waals surface area contributed by atoms with Gasteiger partial charge in [0.15, 0.2) is 11.6 Å². The van der Waals surface area contributed by atoms with Gasteiger partial charge in [-0.15, -0.1) is 0 Å². The zero-order valence-electron chi connectivity index (χ0n) is 14.0. The zero-order valence-corrected chi connectivity index (χ0v) is 14.0. The van der Waals surface area contributed by atoms with Crippen LogP contribution in [0, 0.1) is 0 Å². The smallest absolute Gasteiger partial charge is 0.290 e. The fourth-order valence-corrected chi connectivity index (χ4v) is 3.10. The number of likely N-dealkylation sites (tertiary alicyclic amines) is 1. The molecular formula is C17H19N5O3. The Labute approximate surface area is 144 Å². The largest absolute Gasteiger partial charge is 0.454 e. The zero-order chi connectivity index (χ0) is 17.2. The van der Waals surface area contributed by atoms with Crippen molar-refractivity contribution in [2.24, 2.45) is 0 Å². The van der Waals surface area contributed by atoms with Gasteiger partial charge in [-0.2, -0.15) is 10.1 Å². The van der Waals surface area contributed by atoms with Crippen LogP contribution in [0.15, 0.2) is 39.5 Å². The van der Waals surface area contributed by atoms with E-state index < -0.39 is 0 Å². The van der Waals surface area contributed by atoms with Crippen LogP contribution in [0.5, 0.6) is 0 Å². The van der Waals surface area contributed by atoms with Crippen molar-refractivity contribution in [3.05, 3.63) is 53.8 Å². The third kappa shape index (κ3) is 3.07. The lowest BCUT2D eigenvalue weighted by Gasteiger charge is -2.20. The van der Waals surface area contributed by atoms with Gasteiger partial charge in [0.2, 0.25) is 5.89 Å². The van der Waals surface area contributed by atoms with Gasteiger partial charge in [-0.05, 0) is 31.0 Å². The molecule has 130 valence electrons. The molecule has 0 aromatic carbocycles. The van der Waals surface area contributed by atoms with Crippen molar-refractivity contribution < 1.29 is 13.7 Å². The molecule has 0 spiro atoms. The number of furan rings is 1. The Morgan fingerprint density at radius 1 is 1.40 bits per heavy atom. The van der Waals surface area contributed by atoms with E-state index in [0.29, 0.717) is 42.7 Å². The summed E-state index contributed by atoms with van der Waals surface area (Å²) in [5.74, 6) is 2.04. The van der Waals surface area contributed by atoms with Crippen molar-refractivity contribution in [2.45, 2.75) is 38.8 Å². The topological polar surface area (TPSA) is 90.2 Å². The molecule has 4 rings (SSSR count). The van der Waals surface area contributed by atoms with Gasteiger partial charge in [0, 0.05) is 25.4 Å². The maximum absolute atomic E-state index is 12.8. The molecule has 0 bridgehead atoms. The fourth-order valence-electron chi connectivity index (χ4n) is 3.10. The molecule has 8 nitrogen and oxygen atoms in total. The number of hydrogen-bond acceptors (Lipinski definition) is 6. The van der Waals surface area contributed by atoms with Crippen LogP contribution in [0.4, 0.5) is 0 Å². The number of nitrogens with zero attached hydrogens (tertiary/aromatic N) is 5. The Kier molecular flexibility index (Phi) is 4.09. The molecule has 3 aromatic rings. The number of hydrogen-bond donors (Lipinski definition) is 0. The quantitative estimate of drug-likeness (QED) is 0.708. The molecule has 0 unspecified atom stereocenters. The summed E-state index contributed by atoms with van der Waals surface area (Å²) < 4.78 is 12.7. The van der Waals surface area contributed by atoms with E-state index in [-0.39, 0.29) is 11.9 Å². The highest BCUT2D eigenvalue weighted by Crippen LogP contribution is 2.31. The van der Waals surface area contributed by atoms with Crippen LogP contribution in [-0.2, 0) is 13.0 Å². The van der Waals surface area contributed by atoms with Gasteiger partial charge in [-0.25, -0.2) is 0 Å². The van der Waals surface area contributed by atoms with Crippen LogP contribution in [0.25, 0.3) is 0 Å². The maximum atomic E-state index is 12.8. The van der Waals surface area contributed by atoms with Crippen LogP contribution in [0.1, 0.15) is 53.8 Å². The van der Waals surface area contributed by atoms with E-state index in [1.807, 2.05) is 25.3 Å². The van der Waals surface area contributed by atoms with Crippen LogP contribution in [0.3, 0.4) is 0 Å². The van der Waals surface area contributed by atoms with E-state index in [0.717, 1.165) is 12.8 Å². The second kappa shape index (κ2) is 6.54. The van der Waals surface area contributed by atoms with Crippen molar-refractivity contribution in [3.8, 4) is 0 Å². The number of carbonyl (C=O) groups is 1. The van der Waals surface area contributed by atoms with E-state index in [4.69, 9.17) is 8.94 Å². The summed E-state index contributed by atoms with van der Waals surface area (Å²) in [7, 11) is 0. The lowest BCUT2D eigenvalue weighted by Crippen LogP contribution is -2.30. The van der Waals surface area contributed by atoms with Gasteiger partial charge in [-0.3, -0.25) is 9.48 Å². The van der Waals surface area contributed by atoms with Gasteiger partial charge in [-0.1, -0.05) is 12.1 Å². The van der Waals surface area contributed by atoms with E-state index >= 15 is 0 Å². The second-order valence-corrected chi connectivity index (χ2v) is 6.03. The summed E-state index contributed by atoms with van der Waals surface area (Å²) in [5.41, 5.74) is 0. The first-order chi connectivity index (χ1) is 12.2. The van der Waals surface area contributed by atoms with E-state index in [1.54, 1.807) is 21.8 Å². The third-order valence-corrected chi connectivity index (χ3v) is 4.35. The Bertz CT molecular complexity index is 851. The van der Waals surface area contributed by atoms with Crippen molar-refractivity contribution in [3.63, 3.8) is 0 Å². The standard InChI is InChI=1S/C17H19N5O3/c1-2-15-19-16(20-25-15)13-5-3-10-22(13)17(23)14-7-6-12(24-14)11-21-9-4-8-18-21/h4,6-9,13H,2-3,5,10-11H2,1H3/t13-/m0/s1. The lowest BCUT2D eigenvalue weighted by molar-refractivity contribution is 0.0693. The Hall–Kier alpha value is -2.90. The van der Waals surface area contributed by atoms with Gasteiger partial charge < -0.3 is 13.8 Å². The summed E-state index contributed by atoms with van der Waals surface area (Å²) in [6, 6.07) is 5.21. The molecule has 0 saturated carbocycles. The molecular weight excluding hydrogens is 322 g/mol. The molecule has 1 aliphatic heterocycles. The summed E-state index contributed by atoms with van der Waals surface area (Å²) in [6.07, 6.45) is 5.98. The van der Waals surface area contributed by atoms with Crippen molar-refractivity contribution >= 4 is 5.91 Å². The maximum Gasteiger partial charge on any atom is 0.290 e. The van der Waals surface area contributed by atoms with Gasteiger partial charge in [0.1, 0.15) is 5.76 Å². The Morgan fingerprint density at radius 2 is 2.32 bits per heavy atom. The first kappa shape index (κ1) is 15.6. The van der Waals surface area contributed by atoms with Crippen molar-refractivity contribution in [2.75, 3.05) is 6.54 Å². The third-order valence-electron chi connectivity index (χ3n) is 4.35. The number of rotatable bonds is 5. The molecule has 1 amide bonds. The SMILES string of the molecule is CCc1nc([C@@H]2CCCN2C(=O)c2ccc(Cn3cccn3)o2)no1. The normalized spacial score (nSPS) is 17.3. The highest BCUT2D eigenvalue weighted by atomic mass is 16.5. The Morgan fingerprint density at radius 3 is 3.08 bits per heavy atom. The van der Waals surface area contributed by atoms with Crippen LogP contribution >= 0.6 is 0 Å². The highest BCUT2D eigenvalue weighted by Gasteiger charge is 2.35. The summed E-state index contributed by atoms with van der Waals surface area (Å²) in [4.78, 5) is 19.0. The first-order valence-electron chi connectivity index (χ1n) is 8.44. The highest BCUT2D eigenvalue weighted by molar-refractivity contribution is 5.92. The molecule has 0 radical (unpaired) electrons. The first-order valence-corrected chi connectivity index (χ1v) is 8.44. The summed E-state index contributed by atoms with van der Waals surface area (Å²) in [6.45, 7) is 3.11. The van der Waals surface area contributed by atoms with Gasteiger partial charge >= 0.3 is 0 Å². The molecule has 0 aliphatic carbocycles. The minimum Gasteiger partial charge on any atom is -0.454 e. The average Bonchev–Trinajstić information content (AvgIpc) is 3.39. The molecule has 1 saturated heterocycles. The molecule has 3 aromatic heterocycles. The van der Waals surface area contributed by atoms with E-state index in [1.165, 1.54) is 0 Å². The Balaban J connectivity index is 1.50. The minimum absolute atomic E-state index is 0.142. The van der Waals surface area contributed by atoms with Crippen molar-refractivity contribution in [1.82, 2.24) is 24.8 Å².